The highest BCUT2D eigenvalue weighted by atomic mass is 35.5. The van der Waals surface area contributed by atoms with Gasteiger partial charge in [0.1, 0.15) is 0 Å². The third-order valence-corrected chi connectivity index (χ3v) is 3.96. The molecule has 0 aliphatic rings. The summed E-state index contributed by atoms with van der Waals surface area (Å²) in [5.41, 5.74) is 1.03. The Bertz CT molecular complexity index is 536. The standard InChI is InChI=1S/C13H17ClN4S/c1-17(2)8-9-19-13-16-15-12(18(13)3)10-4-6-11(14)7-5-10/h4-7H,8-9H2,1-3H3. The highest BCUT2D eigenvalue weighted by Crippen LogP contribution is 2.23. The van der Waals surface area contributed by atoms with Gasteiger partial charge >= 0.3 is 0 Å². The van der Waals surface area contributed by atoms with Gasteiger partial charge in [0.25, 0.3) is 0 Å². The van der Waals surface area contributed by atoms with Crippen molar-refractivity contribution < 1.29 is 0 Å². The fraction of sp³-hybridized carbons (Fsp3) is 0.385. The van der Waals surface area contributed by atoms with Crippen molar-refractivity contribution in [2.24, 2.45) is 7.05 Å². The maximum absolute atomic E-state index is 5.89. The quantitative estimate of drug-likeness (QED) is 0.795. The van der Waals surface area contributed by atoms with Gasteiger partial charge in [-0.15, -0.1) is 10.2 Å². The molecular weight excluding hydrogens is 280 g/mol. The Morgan fingerprint density at radius 2 is 1.89 bits per heavy atom. The highest BCUT2D eigenvalue weighted by Gasteiger charge is 2.10. The Morgan fingerprint density at radius 1 is 1.21 bits per heavy atom. The number of hydrogen-bond acceptors (Lipinski definition) is 4. The van der Waals surface area contributed by atoms with Crippen LogP contribution in [0.2, 0.25) is 5.02 Å². The van der Waals surface area contributed by atoms with Gasteiger partial charge in [0.2, 0.25) is 0 Å². The van der Waals surface area contributed by atoms with Crippen LogP contribution in [0.15, 0.2) is 29.4 Å². The minimum Gasteiger partial charge on any atom is -0.309 e. The zero-order valence-electron chi connectivity index (χ0n) is 11.3. The summed E-state index contributed by atoms with van der Waals surface area (Å²) < 4.78 is 2.02. The maximum atomic E-state index is 5.89. The van der Waals surface area contributed by atoms with Crippen molar-refractivity contribution in [3.8, 4) is 11.4 Å². The second-order valence-corrected chi connectivity index (χ2v) is 6.02. The zero-order valence-corrected chi connectivity index (χ0v) is 12.9. The molecule has 19 heavy (non-hydrogen) atoms. The largest absolute Gasteiger partial charge is 0.309 e. The van der Waals surface area contributed by atoms with E-state index >= 15 is 0 Å². The SMILES string of the molecule is CN(C)CCSc1nnc(-c2ccc(Cl)cc2)n1C. The lowest BCUT2D eigenvalue weighted by Crippen LogP contribution is -2.15. The maximum Gasteiger partial charge on any atom is 0.191 e. The van der Waals surface area contributed by atoms with Crippen LogP contribution in [-0.2, 0) is 7.05 Å². The molecule has 0 radical (unpaired) electrons. The molecule has 6 heteroatoms. The molecule has 0 amide bonds. The predicted octanol–water partition coefficient (Wildman–Crippen LogP) is 2.79. The molecule has 1 aromatic heterocycles. The number of halogens is 1. The molecule has 0 spiro atoms. The third-order valence-electron chi connectivity index (χ3n) is 2.71. The molecule has 0 saturated carbocycles. The highest BCUT2D eigenvalue weighted by molar-refractivity contribution is 7.99. The van der Waals surface area contributed by atoms with Crippen molar-refractivity contribution in [3.05, 3.63) is 29.3 Å². The topological polar surface area (TPSA) is 34.0 Å². The summed E-state index contributed by atoms with van der Waals surface area (Å²) >= 11 is 7.61. The van der Waals surface area contributed by atoms with E-state index in [1.807, 2.05) is 35.9 Å². The number of rotatable bonds is 5. The van der Waals surface area contributed by atoms with Gasteiger partial charge in [-0.2, -0.15) is 0 Å². The van der Waals surface area contributed by atoms with E-state index in [1.165, 1.54) is 0 Å². The summed E-state index contributed by atoms with van der Waals surface area (Å²) in [6.45, 7) is 1.02. The molecule has 0 saturated heterocycles. The second-order valence-electron chi connectivity index (χ2n) is 4.52. The Kier molecular flexibility index (Phi) is 4.85. The van der Waals surface area contributed by atoms with Gasteiger partial charge in [-0.3, -0.25) is 0 Å². The number of aromatic nitrogens is 3. The van der Waals surface area contributed by atoms with Gasteiger partial charge in [-0.05, 0) is 38.4 Å². The smallest absolute Gasteiger partial charge is 0.191 e. The first-order valence-electron chi connectivity index (χ1n) is 6.01. The molecule has 1 heterocycles. The molecule has 4 nitrogen and oxygen atoms in total. The van der Waals surface area contributed by atoms with E-state index in [-0.39, 0.29) is 0 Å². The second kappa shape index (κ2) is 6.41. The van der Waals surface area contributed by atoms with Crippen LogP contribution in [0.25, 0.3) is 11.4 Å². The van der Waals surface area contributed by atoms with Gasteiger partial charge in [-0.1, -0.05) is 23.4 Å². The van der Waals surface area contributed by atoms with Crippen LogP contribution in [-0.4, -0.2) is 46.1 Å². The predicted molar refractivity (Wildman–Crippen MR) is 80.7 cm³/mol. The first kappa shape index (κ1) is 14.4. The van der Waals surface area contributed by atoms with Crippen molar-refractivity contribution in [3.63, 3.8) is 0 Å². The summed E-state index contributed by atoms with van der Waals surface area (Å²) in [6, 6.07) is 7.65. The number of nitrogens with zero attached hydrogens (tertiary/aromatic N) is 4. The Hall–Kier alpha value is -1.04. The van der Waals surface area contributed by atoms with E-state index < -0.39 is 0 Å². The Labute approximate surface area is 122 Å². The zero-order chi connectivity index (χ0) is 13.8. The lowest BCUT2D eigenvalue weighted by Gasteiger charge is -2.08. The van der Waals surface area contributed by atoms with Gasteiger partial charge in [0.15, 0.2) is 11.0 Å². The molecule has 1 aromatic carbocycles. The fourth-order valence-corrected chi connectivity index (χ4v) is 2.75. The number of thioether (sulfide) groups is 1. The average molecular weight is 297 g/mol. The first-order chi connectivity index (χ1) is 9.08. The van der Waals surface area contributed by atoms with Crippen molar-refractivity contribution in [1.82, 2.24) is 19.7 Å². The van der Waals surface area contributed by atoms with Crippen LogP contribution in [0, 0.1) is 0 Å². The van der Waals surface area contributed by atoms with Gasteiger partial charge in [0.05, 0.1) is 0 Å². The van der Waals surface area contributed by atoms with Crippen molar-refractivity contribution in [2.75, 3.05) is 26.4 Å². The van der Waals surface area contributed by atoms with E-state index in [0.29, 0.717) is 0 Å². The average Bonchev–Trinajstić information content (AvgIpc) is 2.72. The summed E-state index contributed by atoms with van der Waals surface area (Å²) in [6.07, 6.45) is 0. The van der Waals surface area contributed by atoms with Crippen molar-refractivity contribution in [2.45, 2.75) is 5.16 Å². The molecule has 0 atom stereocenters. The van der Waals surface area contributed by atoms with Crippen LogP contribution < -0.4 is 0 Å². The van der Waals surface area contributed by atoms with Gasteiger partial charge < -0.3 is 9.47 Å². The molecule has 0 fully saturated rings. The van der Waals surface area contributed by atoms with Crippen molar-refractivity contribution >= 4 is 23.4 Å². The van der Waals surface area contributed by atoms with Crippen LogP contribution >= 0.6 is 23.4 Å². The minimum atomic E-state index is 0.728. The number of hydrogen-bond donors (Lipinski definition) is 0. The lowest BCUT2D eigenvalue weighted by atomic mass is 10.2. The van der Waals surface area contributed by atoms with Gasteiger partial charge in [0, 0.05) is 29.9 Å². The lowest BCUT2D eigenvalue weighted by molar-refractivity contribution is 0.437. The van der Waals surface area contributed by atoms with Crippen LogP contribution in [0.1, 0.15) is 0 Å². The molecule has 0 bridgehead atoms. The normalized spacial score (nSPS) is 11.2. The molecule has 0 aliphatic heterocycles. The van der Waals surface area contributed by atoms with E-state index in [1.54, 1.807) is 11.8 Å². The Morgan fingerprint density at radius 3 is 2.53 bits per heavy atom. The van der Waals surface area contributed by atoms with Crippen LogP contribution in [0.5, 0.6) is 0 Å². The summed E-state index contributed by atoms with van der Waals surface area (Å²) in [4.78, 5) is 2.16. The van der Waals surface area contributed by atoms with Crippen LogP contribution in [0.4, 0.5) is 0 Å². The molecule has 2 aromatic rings. The molecule has 0 aliphatic carbocycles. The summed E-state index contributed by atoms with van der Waals surface area (Å²) in [7, 11) is 6.12. The molecule has 2 rings (SSSR count). The first-order valence-corrected chi connectivity index (χ1v) is 7.37. The van der Waals surface area contributed by atoms with E-state index in [0.717, 1.165) is 33.9 Å². The van der Waals surface area contributed by atoms with E-state index in [9.17, 15) is 0 Å². The molecular formula is C13H17ClN4S. The molecule has 0 unspecified atom stereocenters. The van der Waals surface area contributed by atoms with E-state index in [2.05, 4.69) is 29.2 Å². The Balaban J connectivity index is 2.11. The van der Waals surface area contributed by atoms with E-state index in [4.69, 9.17) is 11.6 Å². The monoisotopic (exact) mass is 296 g/mol. The number of benzene rings is 1. The van der Waals surface area contributed by atoms with Crippen LogP contribution in [0.3, 0.4) is 0 Å². The molecule has 0 N–H and O–H groups in total. The third kappa shape index (κ3) is 3.72. The molecule has 102 valence electrons. The fourth-order valence-electron chi connectivity index (χ4n) is 1.61. The minimum absolute atomic E-state index is 0.728. The van der Waals surface area contributed by atoms with Gasteiger partial charge in [-0.25, -0.2) is 0 Å². The summed E-state index contributed by atoms with van der Waals surface area (Å²) in [5.74, 6) is 1.86. The summed E-state index contributed by atoms with van der Waals surface area (Å²) in [5, 5.41) is 10.1. The van der Waals surface area contributed by atoms with Crippen molar-refractivity contribution in [1.29, 1.82) is 0 Å².